The number of aromatic amines is 1. The van der Waals surface area contributed by atoms with Crippen LogP contribution in [0.15, 0.2) is 47.4 Å². The molecule has 3 rings (SSSR count). The van der Waals surface area contributed by atoms with Gasteiger partial charge < -0.3 is 10.3 Å². The van der Waals surface area contributed by atoms with Gasteiger partial charge in [0, 0.05) is 35.2 Å². The van der Waals surface area contributed by atoms with Crippen LogP contribution in [0.4, 0.5) is 0 Å². The van der Waals surface area contributed by atoms with Crippen molar-refractivity contribution in [2.75, 3.05) is 13.1 Å². The van der Waals surface area contributed by atoms with E-state index in [1.54, 1.807) is 30.3 Å². The standard InChI is InChI=1S/C20H23N3O3S/c1-13-4-7-17(8-5-13)27(25,26)22-11-10-21-20(24)16-6-9-19-18(12-16)14(2)15(3)23-19/h4-9,12,22-23H,10-11H2,1-3H3,(H,21,24). The number of sulfonamides is 1. The van der Waals surface area contributed by atoms with Gasteiger partial charge >= 0.3 is 0 Å². The van der Waals surface area contributed by atoms with Crippen LogP contribution in [-0.4, -0.2) is 32.4 Å². The van der Waals surface area contributed by atoms with Crippen LogP contribution >= 0.6 is 0 Å². The first-order chi connectivity index (χ1) is 12.8. The van der Waals surface area contributed by atoms with Crippen LogP contribution < -0.4 is 10.0 Å². The Morgan fingerprint density at radius 2 is 1.70 bits per heavy atom. The zero-order valence-electron chi connectivity index (χ0n) is 15.6. The van der Waals surface area contributed by atoms with Gasteiger partial charge in [0.25, 0.3) is 5.91 Å². The van der Waals surface area contributed by atoms with E-state index in [9.17, 15) is 13.2 Å². The van der Waals surface area contributed by atoms with Gasteiger partial charge in [-0.05, 0) is 56.7 Å². The highest BCUT2D eigenvalue weighted by Gasteiger charge is 2.13. The largest absolute Gasteiger partial charge is 0.358 e. The molecule has 3 aromatic rings. The third kappa shape index (κ3) is 4.20. The van der Waals surface area contributed by atoms with Crippen molar-refractivity contribution < 1.29 is 13.2 Å². The third-order valence-electron chi connectivity index (χ3n) is 4.60. The maximum atomic E-state index is 12.3. The molecule has 27 heavy (non-hydrogen) atoms. The van der Waals surface area contributed by atoms with Crippen molar-refractivity contribution in [1.29, 1.82) is 0 Å². The summed E-state index contributed by atoms with van der Waals surface area (Å²) in [7, 11) is -3.58. The van der Waals surface area contributed by atoms with Crippen LogP contribution in [0.2, 0.25) is 0 Å². The number of nitrogens with one attached hydrogen (secondary N) is 3. The van der Waals surface area contributed by atoms with Crippen molar-refractivity contribution in [3.8, 4) is 0 Å². The second-order valence-electron chi connectivity index (χ2n) is 6.60. The number of rotatable bonds is 6. The summed E-state index contributed by atoms with van der Waals surface area (Å²) in [6.07, 6.45) is 0. The molecule has 0 spiro atoms. The molecular weight excluding hydrogens is 362 g/mol. The maximum absolute atomic E-state index is 12.3. The number of benzene rings is 2. The molecule has 0 saturated carbocycles. The number of hydrogen-bond donors (Lipinski definition) is 3. The quantitative estimate of drug-likeness (QED) is 0.570. The van der Waals surface area contributed by atoms with Crippen molar-refractivity contribution in [3.05, 3.63) is 64.8 Å². The summed E-state index contributed by atoms with van der Waals surface area (Å²) in [6, 6.07) is 12.1. The molecular formula is C20H23N3O3S. The van der Waals surface area contributed by atoms with Crippen molar-refractivity contribution in [1.82, 2.24) is 15.0 Å². The first-order valence-electron chi connectivity index (χ1n) is 8.71. The smallest absolute Gasteiger partial charge is 0.251 e. The van der Waals surface area contributed by atoms with Crippen molar-refractivity contribution in [3.63, 3.8) is 0 Å². The molecule has 1 aromatic heterocycles. The highest BCUT2D eigenvalue weighted by Crippen LogP contribution is 2.22. The van der Waals surface area contributed by atoms with Gasteiger partial charge in [0.1, 0.15) is 0 Å². The minimum absolute atomic E-state index is 0.118. The highest BCUT2D eigenvalue weighted by molar-refractivity contribution is 7.89. The number of H-pyrrole nitrogens is 1. The Morgan fingerprint density at radius 1 is 1.00 bits per heavy atom. The molecule has 0 atom stereocenters. The number of amides is 1. The Labute approximate surface area is 159 Å². The molecule has 0 saturated heterocycles. The molecule has 142 valence electrons. The van der Waals surface area contributed by atoms with E-state index < -0.39 is 10.0 Å². The number of aryl methyl sites for hydroxylation is 3. The predicted octanol–water partition coefficient (Wildman–Crippen LogP) is 2.80. The molecule has 0 unspecified atom stereocenters. The minimum atomic E-state index is -3.58. The summed E-state index contributed by atoms with van der Waals surface area (Å²) < 4.78 is 26.9. The fourth-order valence-electron chi connectivity index (χ4n) is 2.87. The third-order valence-corrected chi connectivity index (χ3v) is 6.08. The number of carbonyl (C=O) groups is 1. The van der Waals surface area contributed by atoms with Gasteiger partial charge in [0.05, 0.1) is 4.90 Å². The van der Waals surface area contributed by atoms with Crippen LogP contribution in [-0.2, 0) is 10.0 Å². The number of fused-ring (bicyclic) bond motifs is 1. The average molecular weight is 385 g/mol. The van der Waals surface area contributed by atoms with Crippen molar-refractivity contribution in [2.45, 2.75) is 25.7 Å². The second-order valence-corrected chi connectivity index (χ2v) is 8.37. The van der Waals surface area contributed by atoms with E-state index in [1.165, 1.54) is 0 Å². The van der Waals surface area contributed by atoms with E-state index >= 15 is 0 Å². The first kappa shape index (κ1) is 19.1. The van der Waals surface area contributed by atoms with Gasteiger partial charge in [-0.15, -0.1) is 0 Å². The molecule has 3 N–H and O–H groups in total. The fourth-order valence-corrected chi connectivity index (χ4v) is 3.90. The van der Waals surface area contributed by atoms with Crippen molar-refractivity contribution in [2.24, 2.45) is 0 Å². The van der Waals surface area contributed by atoms with Gasteiger partial charge in [0.15, 0.2) is 0 Å². The Morgan fingerprint density at radius 3 is 2.41 bits per heavy atom. The van der Waals surface area contributed by atoms with Gasteiger partial charge in [0.2, 0.25) is 10.0 Å². The fraction of sp³-hybridized carbons (Fsp3) is 0.250. The molecule has 1 heterocycles. The van der Waals surface area contributed by atoms with Crippen LogP contribution in [0, 0.1) is 20.8 Å². The Kier molecular flexibility index (Phi) is 5.34. The molecule has 1 amide bonds. The molecule has 0 aliphatic heterocycles. The SMILES string of the molecule is Cc1ccc(S(=O)(=O)NCCNC(=O)c2ccc3[nH]c(C)c(C)c3c2)cc1. The Hall–Kier alpha value is -2.64. The topological polar surface area (TPSA) is 91.1 Å². The summed E-state index contributed by atoms with van der Waals surface area (Å²) in [4.78, 5) is 15.8. The summed E-state index contributed by atoms with van der Waals surface area (Å²) in [5, 5.41) is 3.76. The summed E-state index contributed by atoms with van der Waals surface area (Å²) >= 11 is 0. The molecule has 2 aromatic carbocycles. The zero-order chi connectivity index (χ0) is 19.6. The molecule has 7 heteroatoms. The number of carbonyl (C=O) groups excluding carboxylic acids is 1. The van der Waals surface area contributed by atoms with Crippen molar-refractivity contribution >= 4 is 26.8 Å². The molecule has 0 bridgehead atoms. The summed E-state index contributed by atoms with van der Waals surface area (Å²) in [5.41, 5.74) is 4.73. The van der Waals surface area contributed by atoms with Gasteiger partial charge in [-0.3, -0.25) is 4.79 Å². The maximum Gasteiger partial charge on any atom is 0.251 e. The van der Waals surface area contributed by atoms with E-state index in [2.05, 4.69) is 15.0 Å². The molecule has 0 radical (unpaired) electrons. The zero-order valence-corrected chi connectivity index (χ0v) is 16.4. The molecule has 0 fully saturated rings. The Balaban J connectivity index is 1.58. The molecule has 0 aliphatic rings. The second kappa shape index (κ2) is 7.54. The Bertz CT molecular complexity index is 1080. The van der Waals surface area contributed by atoms with E-state index in [0.29, 0.717) is 5.56 Å². The van der Waals surface area contributed by atoms with Crippen LogP contribution in [0.25, 0.3) is 10.9 Å². The lowest BCUT2D eigenvalue weighted by Crippen LogP contribution is -2.34. The normalized spacial score (nSPS) is 11.7. The lowest BCUT2D eigenvalue weighted by atomic mass is 10.1. The van der Waals surface area contributed by atoms with Crippen LogP contribution in [0.3, 0.4) is 0 Å². The lowest BCUT2D eigenvalue weighted by Gasteiger charge is -2.09. The highest BCUT2D eigenvalue weighted by atomic mass is 32.2. The molecule has 0 aliphatic carbocycles. The van der Waals surface area contributed by atoms with Crippen LogP contribution in [0.1, 0.15) is 27.2 Å². The minimum Gasteiger partial charge on any atom is -0.358 e. The summed E-state index contributed by atoms with van der Waals surface area (Å²) in [6.45, 7) is 6.22. The monoisotopic (exact) mass is 385 g/mol. The van der Waals surface area contributed by atoms with Gasteiger partial charge in [-0.25, -0.2) is 13.1 Å². The van der Waals surface area contributed by atoms with Crippen LogP contribution in [0.5, 0.6) is 0 Å². The lowest BCUT2D eigenvalue weighted by molar-refractivity contribution is 0.0954. The first-order valence-corrected chi connectivity index (χ1v) is 10.2. The van der Waals surface area contributed by atoms with E-state index in [-0.39, 0.29) is 23.9 Å². The number of aromatic nitrogens is 1. The van der Waals surface area contributed by atoms with E-state index in [0.717, 1.165) is 27.7 Å². The number of hydrogen-bond acceptors (Lipinski definition) is 3. The summed E-state index contributed by atoms with van der Waals surface area (Å²) in [5.74, 6) is -0.232. The van der Waals surface area contributed by atoms with E-state index in [4.69, 9.17) is 0 Å². The molecule has 6 nitrogen and oxygen atoms in total. The predicted molar refractivity (Wildman–Crippen MR) is 106 cm³/mol. The van der Waals surface area contributed by atoms with Gasteiger partial charge in [-0.2, -0.15) is 0 Å². The van der Waals surface area contributed by atoms with Gasteiger partial charge in [-0.1, -0.05) is 17.7 Å². The van der Waals surface area contributed by atoms with E-state index in [1.807, 2.05) is 32.9 Å². The average Bonchev–Trinajstić information content (AvgIpc) is 2.92.